The summed E-state index contributed by atoms with van der Waals surface area (Å²) in [6, 6.07) is 0. The van der Waals surface area contributed by atoms with Crippen molar-refractivity contribution in [2.75, 3.05) is 0 Å². The van der Waals surface area contributed by atoms with E-state index in [2.05, 4.69) is 39.5 Å². The van der Waals surface area contributed by atoms with Crippen LogP contribution in [0.25, 0.3) is 0 Å². The van der Waals surface area contributed by atoms with Crippen molar-refractivity contribution in [3.63, 3.8) is 0 Å². The lowest BCUT2D eigenvalue weighted by Crippen LogP contribution is -2.13. The van der Waals surface area contributed by atoms with E-state index < -0.39 is 0 Å². The number of hydrogen-bond acceptors (Lipinski definition) is 0. The molecule has 1 atom stereocenters. The van der Waals surface area contributed by atoms with E-state index in [0.29, 0.717) is 0 Å². The topological polar surface area (TPSA) is 0 Å². The zero-order chi connectivity index (χ0) is 13.4. The molecule has 0 N–H and O–H groups in total. The lowest BCUT2D eigenvalue weighted by atomic mass is 9.79. The third-order valence-electron chi connectivity index (χ3n) is 4.55. The molecule has 1 unspecified atom stereocenters. The third-order valence-corrected chi connectivity index (χ3v) is 4.55. The third kappa shape index (κ3) is 6.42. The molecule has 0 bridgehead atoms. The molecule has 1 rings (SSSR count). The summed E-state index contributed by atoms with van der Waals surface area (Å²) in [5, 5.41) is 0. The summed E-state index contributed by atoms with van der Waals surface area (Å²) in [7, 11) is 0. The van der Waals surface area contributed by atoms with Gasteiger partial charge < -0.3 is 0 Å². The monoisotopic (exact) mass is 248 g/mol. The Morgan fingerprint density at radius 3 is 2.56 bits per heavy atom. The van der Waals surface area contributed by atoms with Gasteiger partial charge in [-0.2, -0.15) is 0 Å². The largest absolute Gasteiger partial charge is 0.0959 e. The Bertz CT molecular complexity index is 253. The van der Waals surface area contributed by atoms with Crippen molar-refractivity contribution in [1.29, 1.82) is 0 Å². The Morgan fingerprint density at radius 2 is 1.94 bits per heavy atom. The molecule has 18 heavy (non-hydrogen) atoms. The molecule has 1 aliphatic carbocycles. The van der Waals surface area contributed by atoms with Gasteiger partial charge in [-0.05, 0) is 30.6 Å². The van der Waals surface area contributed by atoms with Gasteiger partial charge in [0.05, 0.1) is 0 Å². The minimum atomic E-state index is 0.838. The summed E-state index contributed by atoms with van der Waals surface area (Å²) in [4.78, 5) is 0. The highest BCUT2D eigenvalue weighted by molar-refractivity contribution is 5.13. The summed E-state index contributed by atoms with van der Waals surface area (Å²) in [6.07, 6.45) is 15.6. The van der Waals surface area contributed by atoms with E-state index in [4.69, 9.17) is 0 Å². The van der Waals surface area contributed by atoms with Gasteiger partial charge in [0.15, 0.2) is 0 Å². The van der Waals surface area contributed by atoms with Crippen LogP contribution in [0.3, 0.4) is 0 Å². The van der Waals surface area contributed by atoms with Crippen molar-refractivity contribution in [2.24, 2.45) is 17.8 Å². The molecule has 0 spiro atoms. The SMILES string of the molecule is C=C(/C=C/CC(C)CCC1CCC(C)CC1)CC. The first-order chi connectivity index (χ1) is 8.61. The van der Waals surface area contributed by atoms with Crippen LogP contribution in [0.1, 0.15) is 72.1 Å². The average molecular weight is 248 g/mol. The van der Waals surface area contributed by atoms with Gasteiger partial charge in [0.2, 0.25) is 0 Å². The van der Waals surface area contributed by atoms with Gasteiger partial charge in [0.1, 0.15) is 0 Å². The number of rotatable bonds is 7. The first kappa shape index (κ1) is 15.5. The fourth-order valence-electron chi connectivity index (χ4n) is 2.84. The highest BCUT2D eigenvalue weighted by Crippen LogP contribution is 2.32. The molecule has 0 radical (unpaired) electrons. The van der Waals surface area contributed by atoms with Crippen LogP contribution in [-0.2, 0) is 0 Å². The highest BCUT2D eigenvalue weighted by atomic mass is 14.2. The Hall–Kier alpha value is -0.520. The lowest BCUT2D eigenvalue weighted by Gasteiger charge is -2.26. The van der Waals surface area contributed by atoms with E-state index in [1.807, 2.05) is 0 Å². The van der Waals surface area contributed by atoms with Gasteiger partial charge in [-0.15, -0.1) is 0 Å². The molecule has 0 heterocycles. The smallest absolute Gasteiger partial charge is 0.0313 e. The van der Waals surface area contributed by atoms with Crippen molar-refractivity contribution in [1.82, 2.24) is 0 Å². The maximum Gasteiger partial charge on any atom is -0.0313 e. The summed E-state index contributed by atoms with van der Waals surface area (Å²) in [5.74, 6) is 2.85. The predicted octanol–water partition coefficient (Wildman–Crippen LogP) is 6.14. The van der Waals surface area contributed by atoms with Gasteiger partial charge >= 0.3 is 0 Å². The maximum atomic E-state index is 4.01. The van der Waals surface area contributed by atoms with Crippen molar-refractivity contribution in [3.8, 4) is 0 Å². The molecule has 1 saturated carbocycles. The normalized spacial score (nSPS) is 26.4. The Labute approximate surface area is 115 Å². The van der Waals surface area contributed by atoms with E-state index in [-0.39, 0.29) is 0 Å². The zero-order valence-electron chi connectivity index (χ0n) is 12.8. The van der Waals surface area contributed by atoms with Crippen LogP contribution in [0.5, 0.6) is 0 Å². The molecule has 0 aromatic carbocycles. The molecule has 104 valence electrons. The summed E-state index contributed by atoms with van der Waals surface area (Å²) in [6.45, 7) is 11.0. The summed E-state index contributed by atoms with van der Waals surface area (Å²) >= 11 is 0. The molecule has 0 heteroatoms. The molecular formula is C18H32. The van der Waals surface area contributed by atoms with Crippen LogP contribution in [0.15, 0.2) is 24.3 Å². The fourth-order valence-corrected chi connectivity index (χ4v) is 2.84. The van der Waals surface area contributed by atoms with E-state index >= 15 is 0 Å². The Kier molecular flexibility index (Phi) is 7.39. The van der Waals surface area contributed by atoms with Crippen LogP contribution in [0.2, 0.25) is 0 Å². The second-order valence-electron chi connectivity index (χ2n) is 6.46. The van der Waals surface area contributed by atoms with Crippen LogP contribution in [0, 0.1) is 17.8 Å². The summed E-state index contributed by atoms with van der Waals surface area (Å²) in [5.41, 5.74) is 1.25. The van der Waals surface area contributed by atoms with E-state index in [9.17, 15) is 0 Å². The van der Waals surface area contributed by atoms with Crippen LogP contribution in [-0.4, -0.2) is 0 Å². The number of hydrogen-bond donors (Lipinski definition) is 0. The van der Waals surface area contributed by atoms with Crippen LogP contribution < -0.4 is 0 Å². The summed E-state index contributed by atoms with van der Waals surface area (Å²) < 4.78 is 0. The average Bonchev–Trinajstić information content (AvgIpc) is 2.38. The van der Waals surface area contributed by atoms with E-state index in [1.165, 1.54) is 50.5 Å². The van der Waals surface area contributed by atoms with Crippen molar-refractivity contribution in [3.05, 3.63) is 24.3 Å². The molecule has 1 fully saturated rings. The Morgan fingerprint density at radius 1 is 1.28 bits per heavy atom. The fraction of sp³-hybridized carbons (Fsp3) is 0.778. The molecule has 0 aromatic heterocycles. The Balaban J connectivity index is 2.11. The van der Waals surface area contributed by atoms with Crippen LogP contribution in [0.4, 0.5) is 0 Å². The highest BCUT2D eigenvalue weighted by Gasteiger charge is 2.18. The molecule has 0 nitrogen and oxygen atoms in total. The lowest BCUT2D eigenvalue weighted by molar-refractivity contribution is 0.263. The standard InChI is InChI=1S/C18H32/c1-5-15(2)7-6-8-16(3)9-12-18-13-10-17(4)11-14-18/h6-7,16-18H,2,5,8-14H2,1,3-4H3/b7-6+. The molecular weight excluding hydrogens is 216 g/mol. The molecule has 1 aliphatic rings. The second kappa shape index (κ2) is 8.56. The van der Waals surface area contributed by atoms with Gasteiger partial charge in [-0.25, -0.2) is 0 Å². The zero-order valence-corrected chi connectivity index (χ0v) is 12.8. The molecule has 0 aliphatic heterocycles. The molecule has 0 amide bonds. The predicted molar refractivity (Wildman–Crippen MR) is 82.7 cm³/mol. The first-order valence-electron chi connectivity index (χ1n) is 7.96. The van der Waals surface area contributed by atoms with E-state index in [0.717, 1.165) is 24.2 Å². The molecule has 0 saturated heterocycles. The van der Waals surface area contributed by atoms with Gasteiger partial charge in [0, 0.05) is 0 Å². The van der Waals surface area contributed by atoms with Gasteiger partial charge in [-0.3, -0.25) is 0 Å². The maximum absolute atomic E-state index is 4.01. The van der Waals surface area contributed by atoms with Gasteiger partial charge in [0.25, 0.3) is 0 Å². The number of allylic oxidation sites excluding steroid dienone is 3. The first-order valence-corrected chi connectivity index (χ1v) is 7.96. The van der Waals surface area contributed by atoms with Gasteiger partial charge in [-0.1, -0.05) is 83.6 Å². The van der Waals surface area contributed by atoms with Crippen molar-refractivity contribution in [2.45, 2.75) is 72.1 Å². The molecule has 0 aromatic rings. The minimum absolute atomic E-state index is 0.838. The van der Waals surface area contributed by atoms with E-state index in [1.54, 1.807) is 0 Å². The minimum Gasteiger partial charge on any atom is -0.0959 e. The van der Waals surface area contributed by atoms with Crippen molar-refractivity contribution < 1.29 is 0 Å². The quantitative estimate of drug-likeness (QED) is 0.475. The second-order valence-corrected chi connectivity index (χ2v) is 6.46. The van der Waals surface area contributed by atoms with Crippen molar-refractivity contribution >= 4 is 0 Å². The van der Waals surface area contributed by atoms with Crippen LogP contribution >= 0.6 is 0 Å².